The molecular weight excluding hydrogens is 277 g/mol. The van der Waals surface area contributed by atoms with Crippen molar-refractivity contribution in [1.29, 1.82) is 0 Å². The quantitative estimate of drug-likeness (QED) is 0.929. The van der Waals surface area contributed by atoms with E-state index in [2.05, 4.69) is 11.8 Å². The Balaban J connectivity index is 2.05. The molecule has 0 atom stereocenters. The van der Waals surface area contributed by atoms with Crippen LogP contribution in [0.3, 0.4) is 0 Å². The average molecular weight is 292 g/mol. The summed E-state index contributed by atoms with van der Waals surface area (Å²) in [7, 11) is 0. The number of anilines is 1. The molecule has 0 aromatic carbocycles. The van der Waals surface area contributed by atoms with Crippen LogP contribution in [-0.4, -0.2) is 30.1 Å². The molecule has 0 unspecified atom stereocenters. The van der Waals surface area contributed by atoms with Crippen LogP contribution in [0.15, 0.2) is 6.07 Å². The number of fused-ring (bicyclic) bond motifs is 1. The van der Waals surface area contributed by atoms with E-state index in [0.717, 1.165) is 42.9 Å². The molecule has 0 spiro atoms. The summed E-state index contributed by atoms with van der Waals surface area (Å²) in [5.74, 6) is -1.91. The van der Waals surface area contributed by atoms with Gasteiger partial charge in [0.25, 0.3) is 0 Å². The van der Waals surface area contributed by atoms with E-state index in [1.54, 1.807) is 6.07 Å². The predicted molar refractivity (Wildman–Crippen MR) is 68.3 cm³/mol. The third-order valence-electron chi connectivity index (χ3n) is 3.00. The Morgan fingerprint density at radius 1 is 1.53 bits per heavy atom. The van der Waals surface area contributed by atoms with Gasteiger partial charge in [-0.05, 0) is 31.0 Å². The maximum absolute atomic E-state index is 12.2. The number of halogens is 3. The highest BCUT2D eigenvalue weighted by molar-refractivity contribution is 7.16. The number of carbonyl (C=O) groups excluding carboxylic acids is 1. The van der Waals surface area contributed by atoms with E-state index in [4.69, 9.17) is 0 Å². The van der Waals surface area contributed by atoms with Gasteiger partial charge < -0.3 is 5.32 Å². The van der Waals surface area contributed by atoms with Crippen LogP contribution in [0, 0.1) is 0 Å². The fraction of sp³-hybridized carbons (Fsp3) is 0.583. The van der Waals surface area contributed by atoms with Gasteiger partial charge >= 0.3 is 12.1 Å². The first-order chi connectivity index (χ1) is 8.90. The molecule has 3 nitrogen and oxygen atoms in total. The van der Waals surface area contributed by atoms with Gasteiger partial charge in [-0.15, -0.1) is 11.3 Å². The monoisotopic (exact) mass is 292 g/mol. The Morgan fingerprint density at radius 2 is 2.26 bits per heavy atom. The van der Waals surface area contributed by atoms with Gasteiger partial charge in [-0.25, -0.2) is 0 Å². The van der Waals surface area contributed by atoms with Crippen LogP contribution < -0.4 is 5.32 Å². The minimum absolute atomic E-state index is 0.283. The van der Waals surface area contributed by atoms with Crippen molar-refractivity contribution in [1.82, 2.24) is 4.90 Å². The molecule has 1 N–H and O–H groups in total. The molecule has 0 radical (unpaired) electrons. The highest BCUT2D eigenvalue weighted by atomic mass is 32.1. The van der Waals surface area contributed by atoms with E-state index >= 15 is 0 Å². The van der Waals surface area contributed by atoms with E-state index in [9.17, 15) is 18.0 Å². The summed E-state index contributed by atoms with van der Waals surface area (Å²) in [4.78, 5) is 14.2. The van der Waals surface area contributed by atoms with Gasteiger partial charge in [-0.1, -0.05) is 6.92 Å². The zero-order valence-corrected chi connectivity index (χ0v) is 11.3. The Bertz CT molecular complexity index is 470. The van der Waals surface area contributed by atoms with Crippen LogP contribution >= 0.6 is 11.3 Å². The first-order valence-corrected chi connectivity index (χ1v) is 6.94. The van der Waals surface area contributed by atoms with Gasteiger partial charge in [0.1, 0.15) is 0 Å². The smallest absolute Gasteiger partial charge is 0.310 e. The van der Waals surface area contributed by atoms with E-state index in [-0.39, 0.29) is 5.00 Å². The Morgan fingerprint density at radius 3 is 2.89 bits per heavy atom. The standard InChI is InChI=1S/C12H15F3N2OS/c1-2-4-17-5-3-8-6-10(19-9(8)7-17)16-11(18)12(13,14)15/h6H,2-5,7H2,1H3,(H,16,18). The number of thiophene rings is 1. The number of rotatable bonds is 3. The molecule has 2 rings (SSSR count). The zero-order valence-electron chi connectivity index (χ0n) is 10.5. The zero-order chi connectivity index (χ0) is 14.0. The Hall–Kier alpha value is -1.08. The summed E-state index contributed by atoms with van der Waals surface area (Å²) in [5, 5.41) is 2.21. The van der Waals surface area contributed by atoms with Gasteiger partial charge in [0.05, 0.1) is 5.00 Å². The van der Waals surface area contributed by atoms with Crippen molar-refractivity contribution in [3.63, 3.8) is 0 Å². The van der Waals surface area contributed by atoms with Gasteiger partial charge in [-0.3, -0.25) is 9.69 Å². The van der Waals surface area contributed by atoms with Gasteiger partial charge in [0.2, 0.25) is 0 Å². The van der Waals surface area contributed by atoms with E-state index < -0.39 is 12.1 Å². The lowest BCUT2D eigenvalue weighted by atomic mass is 10.1. The van der Waals surface area contributed by atoms with Crippen LogP contribution in [0.25, 0.3) is 0 Å². The van der Waals surface area contributed by atoms with E-state index in [1.165, 1.54) is 11.3 Å². The summed E-state index contributed by atoms with van der Waals surface area (Å²) in [5.41, 5.74) is 1.05. The molecule has 1 aliphatic heterocycles. The first-order valence-electron chi connectivity index (χ1n) is 6.12. The molecule has 0 bridgehead atoms. The maximum atomic E-state index is 12.2. The molecule has 19 heavy (non-hydrogen) atoms. The highest BCUT2D eigenvalue weighted by Gasteiger charge is 2.39. The van der Waals surface area contributed by atoms with Gasteiger partial charge in [0, 0.05) is 18.0 Å². The first kappa shape index (κ1) is 14.3. The van der Waals surface area contributed by atoms with Gasteiger partial charge in [0.15, 0.2) is 0 Å². The SMILES string of the molecule is CCCN1CCc2cc(NC(=O)C(F)(F)F)sc2C1. The number of nitrogens with zero attached hydrogens (tertiary/aromatic N) is 1. The summed E-state index contributed by atoms with van der Waals surface area (Å²) in [6.45, 7) is 4.76. The largest absolute Gasteiger partial charge is 0.471 e. The number of carbonyl (C=O) groups is 1. The van der Waals surface area contributed by atoms with Crippen LogP contribution in [0.5, 0.6) is 0 Å². The molecule has 0 aliphatic carbocycles. The van der Waals surface area contributed by atoms with Crippen molar-refractivity contribution >= 4 is 22.2 Å². The summed E-state index contributed by atoms with van der Waals surface area (Å²) >= 11 is 1.24. The Labute approximate surface area is 113 Å². The number of hydrogen-bond acceptors (Lipinski definition) is 3. The normalized spacial score (nSPS) is 16.2. The molecule has 1 aliphatic rings. The van der Waals surface area contributed by atoms with Crippen LogP contribution in [0.4, 0.5) is 18.2 Å². The molecular formula is C12H15F3N2OS. The molecule has 1 aromatic heterocycles. The summed E-state index contributed by atoms with van der Waals surface area (Å²) in [6, 6.07) is 1.66. The molecule has 106 valence electrons. The lowest BCUT2D eigenvalue weighted by Gasteiger charge is -2.25. The molecule has 2 heterocycles. The molecule has 0 saturated carbocycles. The van der Waals surface area contributed by atoms with Crippen molar-refractivity contribution in [2.24, 2.45) is 0 Å². The minimum Gasteiger partial charge on any atom is -0.310 e. The third kappa shape index (κ3) is 3.48. The van der Waals surface area contributed by atoms with Gasteiger partial charge in [-0.2, -0.15) is 13.2 Å². The average Bonchev–Trinajstić information content (AvgIpc) is 2.69. The van der Waals surface area contributed by atoms with Crippen LogP contribution in [-0.2, 0) is 17.8 Å². The second-order valence-electron chi connectivity index (χ2n) is 4.54. The molecule has 1 aromatic rings. The number of alkyl halides is 3. The summed E-state index contributed by atoms with van der Waals surface area (Å²) in [6.07, 6.45) is -2.95. The lowest BCUT2D eigenvalue weighted by Crippen LogP contribution is -2.30. The Kier molecular flexibility index (Phi) is 4.15. The van der Waals surface area contributed by atoms with Crippen molar-refractivity contribution in [3.05, 3.63) is 16.5 Å². The number of amides is 1. The lowest BCUT2D eigenvalue weighted by molar-refractivity contribution is -0.167. The second kappa shape index (κ2) is 5.50. The van der Waals surface area contributed by atoms with E-state index in [0.29, 0.717) is 0 Å². The molecule has 0 saturated heterocycles. The minimum atomic E-state index is -4.83. The number of nitrogens with one attached hydrogen (secondary N) is 1. The molecule has 1 amide bonds. The van der Waals surface area contributed by atoms with Crippen molar-refractivity contribution < 1.29 is 18.0 Å². The van der Waals surface area contributed by atoms with Crippen molar-refractivity contribution in [2.75, 3.05) is 18.4 Å². The van der Waals surface area contributed by atoms with E-state index in [1.807, 2.05) is 5.32 Å². The fourth-order valence-corrected chi connectivity index (χ4v) is 3.27. The van der Waals surface area contributed by atoms with Crippen LogP contribution in [0.1, 0.15) is 23.8 Å². The van der Waals surface area contributed by atoms with Crippen molar-refractivity contribution in [2.45, 2.75) is 32.5 Å². The molecule has 7 heteroatoms. The molecule has 0 fully saturated rings. The fourth-order valence-electron chi connectivity index (χ4n) is 2.12. The van der Waals surface area contributed by atoms with Crippen LogP contribution in [0.2, 0.25) is 0 Å². The number of hydrogen-bond donors (Lipinski definition) is 1. The predicted octanol–water partition coefficient (Wildman–Crippen LogP) is 3.02. The second-order valence-corrected chi connectivity index (χ2v) is 5.67. The summed E-state index contributed by atoms with van der Waals surface area (Å²) < 4.78 is 36.5. The maximum Gasteiger partial charge on any atom is 0.471 e. The van der Waals surface area contributed by atoms with Crippen molar-refractivity contribution in [3.8, 4) is 0 Å². The highest BCUT2D eigenvalue weighted by Crippen LogP contribution is 2.32. The third-order valence-corrected chi connectivity index (χ3v) is 4.07. The topological polar surface area (TPSA) is 32.3 Å².